The molecule has 1 N–H and O–H groups in total. The van der Waals surface area contributed by atoms with Gasteiger partial charge in [-0.3, -0.25) is 0 Å². The fraction of sp³-hybridized carbons (Fsp3) is 0.545. The van der Waals surface area contributed by atoms with E-state index in [1.54, 1.807) is 17.8 Å². The first-order chi connectivity index (χ1) is 7.60. The third kappa shape index (κ3) is 2.95. The van der Waals surface area contributed by atoms with Crippen molar-refractivity contribution in [1.82, 2.24) is 0 Å². The SMILES string of the molecule is CCC(CSC)N(C)c1ccc(C(=O)O)o1. The fourth-order valence-corrected chi connectivity index (χ4v) is 2.35. The van der Waals surface area contributed by atoms with Crippen molar-refractivity contribution in [3.05, 3.63) is 17.9 Å². The molecule has 0 saturated heterocycles. The zero-order chi connectivity index (χ0) is 12.1. The Morgan fingerprint density at radius 3 is 2.75 bits per heavy atom. The van der Waals surface area contributed by atoms with E-state index in [0.717, 1.165) is 12.2 Å². The Morgan fingerprint density at radius 2 is 2.31 bits per heavy atom. The number of hydrogen-bond acceptors (Lipinski definition) is 4. The first-order valence-electron chi connectivity index (χ1n) is 5.15. The molecule has 0 saturated carbocycles. The van der Waals surface area contributed by atoms with E-state index in [-0.39, 0.29) is 5.76 Å². The van der Waals surface area contributed by atoms with Gasteiger partial charge in [-0.15, -0.1) is 0 Å². The zero-order valence-electron chi connectivity index (χ0n) is 9.77. The lowest BCUT2D eigenvalue weighted by molar-refractivity contribution is 0.0663. The van der Waals surface area contributed by atoms with Gasteiger partial charge in [0.05, 0.1) is 0 Å². The maximum Gasteiger partial charge on any atom is 0.371 e. The Hall–Kier alpha value is -1.10. The van der Waals surface area contributed by atoms with E-state index in [1.807, 2.05) is 11.9 Å². The zero-order valence-corrected chi connectivity index (χ0v) is 10.6. The number of carbonyl (C=O) groups is 1. The summed E-state index contributed by atoms with van der Waals surface area (Å²) in [5, 5.41) is 8.76. The normalized spacial score (nSPS) is 12.4. The van der Waals surface area contributed by atoms with Gasteiger partial charge in [0, 0.05) is 24.9 Å². The Balaban J connectivity index is 2.77. The summed E-state index contributed by atoms with van der Waals surface area (Å²) in [6, 6.07) is 3.55. The van der Waals surface area contributed by atoms with Crippen LogP contribution in [0.15, 0.2) is 16.5 Å². The first kappa shape index (κ1) is 13.0. The summed E-state index contributed by atoms with van der Waals surface area (Å²) in [5.74, 6) is 0.563. The quantitative estimate of drug-likeness (QED) is 0.832. The summed E-state index contributed by atoms with van der Waals surface area (Å²) in [5.41, 5.74) is 0. The number of rotatable bonds is 6. The van der Waals surface area contributed by atoms with E-state index >= 15 is 0 Å². The molecule has 4 nitrogen and oxygen atoms in total. The second kappa shape index (κ2) is 5.84. The van der Waals surface area contributed by atoms with Gasteiger partial charge in [-0.25, -0.2) is 4.79 Å². The van der Waals surface area contributed by atoms with Crippen LogP contribution >= 0.6 is 11.8 Å². The van der Waals surface area contributed by atoms with Crippen LogP contribution in [0, 0.1) is 0 Å². The Labute approximate surface area is 99.6 Å². The van der Waals surface area contributed by atoms with Crippen LogP contribution in [0.25, 0.3) is 0 Å². The standard InChI is InChI=1S/C11H17NO3S/c1-4-8(7-16-3)12(2)10-6-5-9(15-10)11(13)14/h5-6,8H,4,7H2,1-3H3,(H,13,14). The minimum absolute atomic E-state index is 0.0131. The van der Waals surface area contributed by atoms with Crippen LogP contribution in [0.3, 0.4) is 0 Å². The highest BCUT2D eigenvalue weighted by molar-refractivity contribution is 7.98. The van der Waals surface area contributed by atoms with E-state index in [1.165, 1.54) is 6.07 Å². The average Bonchev–Trinajstić information content (AvgIpc) is 2.74. The van der Waals surface area contributed by atoms with Gasteiger partial charge < -0.3 is 14.4 Å². The largest absolute Gasteiger partial charge is 0.475 e. The number of aromatic carboxylic acids is 1. The van der Waals surface area contributed by atoms with E-state index in [0.29, 0.717) is 11.9 Å². The Bertz CT molecular complexity index is 351. The monoisotopic (exact) mass is 243 g/mol. The van der Waals surface area contributed by atoms with Gasteiger partial charge in [-0.1, -0.05) is 6.92 Å². The van der Waals surface area contributed by atoms with E-state index in [9.17, 15) is 4.79 Å². The minimum atomic E-state index is -1.03. The number of carboxylic acids is 1. The van der Waals surface area contributed by atoms with E-state index < -0.39 is 5.97 Å². The summed E-state index contributed by atoms with van der Waals surface area (Å²) in [7, 11) is 1.93. The molecule has 0 aliphatic carbocycles. The third-order valence-corrected chi connectivity index (χ3v) is 3.25. The number of thioether (sulfide) groups is 1. The second-order valence-corrected chi connectivity index (χ2v) is 4.48. The molecule has 1 heterocycles. The van der Waals surface area contributed by atoms with Gasteiger partial charge in [0.2, 0.25) is 5.76 Å². The smallest absolute Gasteiger partial charge is 0.371 e. The predicted octanol–water partition coefficient (Wildman–Crippen LogP) is 2.56. The molecule has 16 heavy (non-hydrogen) atoms. The van der Waals surface area contributed by atoms with Gasteiger partial charge >= 0.3 is 5.97 Å². The minimum Gasteiger partial charge on any atom is -0.475 e. The maximum absolute atomic E-state index is 10.7. The number of furan rings is 1. The molecular formula is C11H17NO3S. The average molecular weight is 243 g/mol. The van der Waals surface area contributed by atoms with Crippen molar-refractivity contribution in [2.45, 2.75) is 19.4 Å². The summed E-state index contributed by atoms with van der Waals surface area (Å²) in [6.45, 7) is 2.11. The van der Waals surface area contributed by atoms with Crippen LogP contribution in [0.1, 0.15) is 23.9 Å². The van der Waals surface area contributed by atoms with Crippen molar-refractivity contribution in [2.24, 2.45) is 0 Å². The molecule has 0 aromatic carbocycles. The number of nitrogens with zero attached hydrogens (tertiary/aromatic N) is 1. The topological polar surface area (TPSA) is 53.7 Å². The molecule has 0 bridgehead atoms. The molecule has 1 atom stereocenters. The molecule has 0 amide bonds. The fourth-order valence-electron chi connectivity index (χ4n) is 1.51. The summed E-state index contributed by atoms with van der Waals surface area (Å²) in [4.78, 5) is 12.7. The number of hydrogen-bond donors (Lipinski definition) is 1. The van der Waals surface area contributed by atoms with Crippen molar-refractivity contribution in [2.75, 3.05) is 24.0 Å². The van der Waals surface area contributed by atoms with Gasteiger partial charge in [0.1, 0.15) is 0 Å². The third-order valence-electron chi connectivity index (χ3n) is 2.53. The van der Waals surface area contributed by atoms with Crippen molar-refractivity contribution in [3.8, 4) is 0 Å². The van der Waals surface area contributed by atoms with E-state index in [2.05, 4.69) is 13.2 Å². The van der Waals surface area contributed by atoms with Crippen molar-refractivity contribution >= 4 is 23.6 Å². The molecule has 1 rings (SSSR count). The van der Waals surface area contributed by atoms with Crippen molar-refractivity contribution in [3.63, 3.8) is 0 Å². The van der Waals surface area contributed by atoms with Gasteiger partial charge in [0.15, 0.2) is 5.88 Å². The summed E-state index contributed by atoms with van der Waals surface area (Å²) < 4.78 is 5.25. The lowest BCUT2D eigenvalue weighted by Crippen LogP contribution is -2.32. The first-order valence-corrected chi connectivity index (χ1v) is 6.54. The molecule has 0 aliphatic heterocycles. The molecule has 0 radical (unpaired) electrons. The number of anilines is 1. The molecule has 5 heteroatoms. The Morgan fingerprint density at radius 1 is 1.62 bits per heavy atom. The molecule has 1 aromatic heterocycles. The predicted molar refractivity (Wildman–Crippen MR) is 66.5 cm³/mol. The van der Waals surface area contributed by atoms with Gasteiger partial charge in [-0.2, -0.15) is 11.8 Å². The Kier molecular flexibility index (Phi) is 4.73. The van der Waals surface area contributed by atoms with Crippen LogP contribution in [0.4, 0.5) is 5.88 Å². The molecule has 1 aromatic rings. The van der Waals surface area contributed by atoms with Crippen LogP contribution in [0.5, 0.6) is 0 Å². The van der Waals surface area contributed by atoms with E-state index in [4.69, 9.17) is 9.52 Å². The molecule has 0 fully saturated rings. The highest BCUT2D eigenvalue weighted by Crippen LogP contribution is 2.21. The van der Waals surface area contributed by atoms with Crippen LogP contribution in [-0.4, -0.2) is 36.2 Å². The molecule has 0 aliphatic rings. The summed E-state index contributed by atoms with van der Waals surface area (Å²) >= 11 is 1.77. The van der Waals surface area contributed by atoms with Crippen LogP contribution in [0.2, 0.25) is 0 Å². The summed E-state index contributed by atoms with van der Waals surface area (Å²) in [6.07, 6.45) is 3.06. The highest BCUT2D eigenvalue weighted by Gasteiger charge is 2.17. The van der Waals surface area contributed by atoms with Crippen LogP contribution < -0.4 is 4.90 Å². The van der Waals surface area contributed by atoms with Gasteiger partial charge in [-0.05, 0) is 18.7 Å². The molecule has 1 unspecified atom stereocenters. The maximum atomic E-state index is 10.7. The van der Waals surface area contributed by atoms with Crippen LogP contribution in [-0.2, 0) is 0 Å². The lowest BCUT2D eigenvalue weighted by atomic mass is 10.2. The highest BCUT2D eigenvalue weighted by atomic mass is 32.2. The second-order valence-electron chi connectivity index (χ2n) is 3.57. The number of carboxylic acid groups (broad SMARTS) is 1. The molecule has 90 valence electrons. The van der Waals surface area contributed by atoms with Crippen molar-refractivity contribution < 1.29 is 14.3 Å². The van der Waals surface area contributed by atoms with Gasteiger partial charge in [0.25, 0.3) is 0 Å². The lowest BCUT2D eigenvalue weighted by Gasteiger charge is -2.26. The van der Waals surface area contributed by atoms with Crippen molar-refractivity contribution in [1.29, 1.82) is 0 Å². The molecule has 0 spiro atoms. The molecular weight excluding hydrogens is 226 g/mol.